The highest BCUT2D eigenvalue weighted by molar-refractivity contribution is 5.54. The molecule has 4 rings (SSSR count). The zero-order valence-electron chi connectivity index (χ0n) is 14.8. The highest BCUT2D eigenvalue weighted by atomic mass is 19.1. The number of aryl methyl sites for hydroxylation is 1. The molecule has 0 radical (unpaired) electrons. The maximum Gasteiger partial charge on any atom is 0.244 e. The van der Waals surface area contributed by atoms with Crippen molar-refractivity contribution in [2.45, 2.75) is 38.8 Å². The first-order valence-corrected chi connectivity index (χ1v) is 8.80. The minimum Gasteiger partial charge on any atom is -0.337 e. The van der Waals surface area contributed by atoms with Gasteiger partial charge in [-0.2, -0.15) is 10.1 Å². The maximum absolute atomic E-state index is 13.8. The van der Waals surface area contributed by atoms with E-state index >= 15 is 0 Å². The minimum atomic E-state index is -0.267. The van der Waals surface area contributed by atoms with Crippen molar-refractivity contribution < 1.29 is 8.91 Å². The molecule has 3 aromatic rings. The number of hydrogen-bond acceptors (Lipinski definition) is 6. The van der Waals surface area contributed by atoms with E-state index in [1.54, 1.807) is 31.7 Å². The Morgan fingerprint density at radius 2 is 2.08 bits per heavy atom. The Kier molecular flexibility index (Phi) is 4.50. The molecule has 1 aromatic carbocycles. The Hall–Kier alpha value is -2.61. The second-order valence-electron chi connectivity index (χ2n) is 6.74. The van der Waals surface area contributed by atoms with E-state index in [1.165, 1.54) is 6.07 Å². The van der Waals surface area contributed by atoms with Crippen LogP contribution in [0.25, 0.3) is 11.4 Å². The molecule has 1 saturated heterocycles. The third-order valence-electron chi connectivity index (χ3n) is 5.09. The van der Waals surface area contributed by atoms with Crippen LogP contribution in [0.15, 0.2) is 35.4 Å². The van der Waals surface area contributed by atoms with Gasteiger partial charge < -0.3 is 4.52 Å². The fourth-order valence-electron chi connectivity index (χ4n) is 3.35. The van der Waals surface area contributed by atoms with Crippen molar-refractivity contribution in [3.05, 3.63) is 48.1 Å². The molecular weight excluding hydrogens is 335 g/mol. The lowest BCUT2D eigenvalue weighted by atomic mass is 10.0. The van der Waals surface area contributed by atoms with Crippen molar-refractivity contribution in [1.29, 1.82) is 0 Å². The smallest absolute Gasteiger partial charge is 0.244 e. The van der Waals surface area contributed by atoms with Gasteiger partial charge in [0.05, 0.1) is 12.1 Å². The fraction of sp³-hybridized carbons (Fsp3) is 0.444. The van der Waals surface area contributed by atoms with Crippen LogP contribution in [0.5, 0.6) is 0 Å². The molecule has 2 aromatic heterocycles. The van der Waals surface area contributed by atoms with E-state index in [-0.39, 0.29) is 11.9 Å². The number of rotatable bonds is 4. The molecule has 26 heavy (non-hydrogen) atoms. The Bertz CT molecular complexity index is 870. The van der Waals surface area contributed by atoms with E-state index in [0.29, 0.717) is 28.9 Å². The van der Waals surface area contributed by atoms with E-state index in [0.717, 1.165) is 25.9 Å². The lowest BCUT2D eigenvalue weighted by Crippen LogP contribution is -2.36. The topological polar surface area (TPSA) is 72.9 Å². The predicted octanol–water partition coefficient (Wildman–Crippen LogP) is 3.17. The van der Waals surface area contributed by atoms with Gasteiger partial charge in [0.15, 0.2) is 0 Å². The number of hydrogen-bond donors (Lipinski definition) is 0. The van der Waals surface area contributed by atoms with Gasteiger partial charge in [0.1, 0.15) is 18.5 Å². The van der Waals surface area contributed by atoms with Gasteiger partial charge in [-0.05, 0) is 38.3 Å². The van der Waals surface area contributed by atoms with Crippen molar-refractivity contribution >= 4 is 0 Å². The molecule has 1 aliphatic heterocycles. The summed E-state index contributed by atoms with van der Waals surface area (Å²) in [5.41, 5.74) is 1.22. The summed E-state index contributed by atoms with van der Waals surface area (Å²) in [5.74, 6) is 0.709. The highest BCUT2D eigenvalue weighted by Crippen LogP contribution is 2.29. The first-order chi connectivity index (χ1) is 12.6. The number of halogens is 1. The molecule has 0 aliphatic carbocycles. The standard InChI is InChI=1S/C18H21FN6O/c1-12-3-4-14(9-16(12)19)17-22-18(26-23-17)13(2)24-7-5-15(6-8-24)25-11-20-10-21-25/h3-4,9-11,13,15H,5-8H2,1-2H3. The Labute approximate surface area is 150 Å². The van der Waals surface area contributed by atoms with Crippen LogP contribution in [0.2, 0.25) is 0 Å². The van der Waals surface area contributed by atoms with Gasteiger partial charge >= 0.3 is 0 Å². The third kappa shape index (κ3) is 3.24. The molecule has 0 saturated carbocycles. The van der Waals surface area contributed by atoms with Gasteiger partial charge in [-0.25, -0.2) is 14.1 Å². The summed E-state index contributed by atoms with van der Waals surface area (Å²) in [7, 11) is 0. The molecule has 1 atom stereocenters. The molecule has 0 N–H and O–H groups in total. The third-order valence-corrected chi connectivity index (χ3v) is 5.09. The SMILES string of the molecule is Cc1ccc(-c2noc(C(C)N3CCC(n4cncn4)CC3)n2)cc1F. The van der Waals surface area contributed by atoms with E-state index < -0.39 is 0 Å². The van der Waals surface area contributed by atoms with Gasteiger partial charge in [-0.15, -0.1) is 0 Å². The summed E-state index contributed by atoms with van der Waals surface area (Å²) in [6, 6.07) is 5.37. The second-order valence-corrected chi connectivity index (χ2v) is 6.74. The van der Waals surface area contributed by atoms with E-state index in [2.05, 4.69) is 32.0 Å². The molecule has 0 amide bonds. The Morgan fingerprint density at radius 1 is 1.27 bits per heavy atom. The van der Waals surface area contributed by atoms with Gasteiger partial charge in [0, 0.05) is 18.7 Å². The fourth-order valence-corrected chi connectivity index (χ4v) is 3.35. The zero-order valence-corrected chi connectivity index (χ0v) is 14.8. The molecule has 0 bridgehead atoms. The average molecular weight is 356 g/mol. The summed E-state index contributed by atoms with van der Waals surface area (Å²) >= 11 is 0. The van der Waals surface area contributed by atoms with Crippen LogP contribution >= 0.6 is 0 Å². The van der Waals surface area contributed by atoms with Crippen molar-refractivity contribution in [2.75, 3.05) is 13.1 Å². The van der Waals surface area contributed by atoms with Gasteiger partial charge in [0.2, 0.25) is 11.7 Å². The van der Waals surface area contributed by atoms with Crippen LogP contribution in [-0.4, -0.2) is 42.9 Å². The predicted molar refractivity (Wildman–Crippen MR) is 92.7 cm³/mol. The number of piperidine rings is 1. The van der Waals surface area contributed by atoms with Crippen molar-refractivity contribution in [1.82, 2.24) is 29.8 Å². The first-order valence-electron chi connectivity index (χ1n) is 8.80. The van der Waals surface area contributed by atoms with Crippen LogP contribution < -0.4 is 0 Å². The van der Waals surface area contributed by atoms with E-state index in [4.69, 9.17) is 4.52 Å². The first kappa shape index (κ1) is 16.8. The molecule has 1 aliphatic rings. The van der Waals surface area contributed by atoms with Crippen molar-refractivity contribution in [2.24, 2.45) is 0 Å². The van der Waals surface area contributed by atoms with Crippen LogP contribution in [0.4, 0.5) is 4.39 Å². The second kappa shape index (κ2) is 6.95. The average Bonchev–Trinajstić information content (AvgIpc) is 3.36. The largest absolute Gasteiger partial charge is 0.337 e. The quantitative estimate of drug-likeness (QED) is 0.715. The lowest BCUT2D eigenvalue weighted by Gasteiger charge is -2.34. The molecule has 0 spiro atoms. The Balaban J connectivity index is 1.43. The number of nitrogens with zero attached hydrogens (tertiary/aromatic N) is 6. The molecular formula is C18H21FN6O. The summed E-state index contributed by atoms with van der Waals surface area (Å²) in [5, 5.41) is 8.26. The molecule has 1 unspecified atom stereocenters. The summed E-state index contributed by atoms with van der Waals surface area (Å²) in [6.07, 6.45) is 5.34. The minimum absolute atomic E-state index is 0.0169. The Morgan fingerprint density at radius 3 is 2.77 bits per heavy atom. The lowest BCUT2D eigenvalue weighted by molar-refractivity contribution is 0.118. The summed E-state index contributed by atoms with van der Waals surface area (Å²) in [6.45, 7) is 5.62. The van der Waals surface area contributed by atoms with Crippen LogP contribution in [0.1, 0.15) is 43.3 Å². The van der Waals surface area contributed by atoms with Crippen LogP contribution in [0, 0.1) is 12.7 Å². The maximum atomic E-state index is 13.8. The summed E-state index contributed by atoms with van der Waals surface area (Å²) < 4.78 is 21.1. The summed E-state index contributed by atoms with van der Waals surface area (Å²) in [4.78, 5) is 10.8. The van der Waals surface area contributed by atoms with Crippen molar-refractivity contribution in [3.63, 3.8) is 0 Å². The molecule has 136 valence electrons. The highest BCUT2D eigenvalue weighted by Gasteiger charge is 2.28. The number of likely N-dealkylation sites (tertiary alicyclic amines) is 1. The molecule has 3 heterocycles. The zero-order chi connectivity index (χ0) is 18.1. The van der Waals surface area contributed by atoms with Crippen molar-refractivity contribution in [3.8, 4) is 11.4 Å². The van der Waals surface area contributed by atoms with Crippen LogP contribution in [0.3, 0.4) is 0 Å². The van der Waals surface area contributed by atoms with Crippen LogP contribution in [-0.2, 0) is 0 Å². The normalized spacial score (nSPS) is 17.5. The van der Waals surface area contributed by atoms with E-state index in [1.807, 2.05) is 4.68 Å². The van der Waals surface area contributed by atoms with Gasteiger partial charge in [0.25, 0.3) is 0 Å². The molecule has 8 heteroatoms. The monoisotopic (exact) mass is 356 g/mol. The van der Waals surface area contributed by atoms with Gasteiger partial charge in [-0.1, -0.05) is 17.3 Å². The molecule has 1 fully saturated rings. The van der Waals surface area contributed by atoms with E-state index in [9.17, 15) is 4.39 Å². The molecule has 7 nitrogen and oxygen atoms in total. The number of benzene rings is 1. The number of aromatic nitrogens is 5. The van der Waals surface area contributed by atoms with Gasteiger partial charge in [-0.3, -0.25) is 4.90 Å².